The summed E-state index contributed by atoms with van der Waals surface area (Å²) in [5.74, 6) is 0.733. The standard InChI is InChI=1S/C25H25N3O3S2/c1-4-28-13-12-15-20(14-28)33-25(21(15)24-26-17-9-5-6-11-19(17)32-24)27-23(29)16-8-7-10-18(30-2)22(16)31-3/h5-11H,4,12-14H2,1-3H3,(H,27,29). The highest BCUT2D eigenvalue weighted by atomic mass is 32.1. The number of nitrogens with zero attached hydrogens (tertiary/aromatic N) is 2. The highest BCUT2D eigenvalue weighted by Gasteiger charge is 2.28. The number of aromatic nitrogens is 1. The topological polar surface area (TPSA) is 63.7 Å². The third-order valence-corrected chi connectivity index (χ3v) is 8.15. The minimum atomic E-state index is -0.223. The summed E-state index contributed by atoms with van der Waals surface area (Å²) in [4.78, 5) is 22.0. The van der Waals surface area contributed by atoms with E-state index in [1.54, 1.807) is 55.1 Å². The second-order valence-electron chi connectivity index (χ2n) is 7.81. The largest absolute Gasteiger partial charge is 0.493 e. The molecule has 1 amide bonds. The van der Waals surface area contributed by atoms with Crippen LogP contribution in [0.4, 0.5) is 5.00 Å². The molecule has 8 heteroatoms. The number of fused-ring (bicyclic) bond motifs is 2. The Balaban J connectivity index is 1.59. The van der Waals surface area contributed by atoms with E-state index in [0.29, 0.717) is 17.1 Å². The average Bonchev–Trinajstić information content (AvgIpc) is 3.43. The normalized spacial score (nSPS) is 13.7. The molecule has 0 bridgehead atoms. The van der Waals surface area contributed by atoms with Gasteiger partial charge in [-0.3, -0.25) is 9.69 Å². The smallest absolute Gasteiger partial charge is 0.260 e. The number of para-hydroxylation sites is 2. The van der Waals surface area contributed by atoms with E-state index in [1.807, 2.05) is 18.2 Å². The number of hydrogen-bond donors (Lipinski definition) is 1. The molecular formula is C25H25N3O3S2. The number of thiazole rings is 1. The molecule has 1 aliphatic heterocycles. The van der Waals surface area contributed by atoms with Crippen LogP contribution in [0.25, 0.3) is 20.8 Å². The molecule has 0 saturated heterocycles. The second-order valence-corrected chi connectivity index (χ2v) is 9.94. The minimum absolute atomic E-state index is 0.223. The van der Waals surface area contributed by atoms with Crippen molar-refractivity contribution in [2.45, 2.75) is 19.9 Å². The summed E-state index contributed by atoms with van der Waals surface area (Å²) in [5.41, 5.74) is 3.78. The van der Waals surface area contributed by atoms with Crippen LogP contribution >= 0.6 is 22.7 Å². The van der Waals surface area contributed by atoms with Gasteiger partial charge in [0.1, 0.15) is 10.0 Å². The van der Waals surface area contributed by atoms with Crippen molar-refractivity contribution in [3.8, 4) is 22.1 Å². The number of nitrogens with one attached hydrogen (secondary N) is 1. The lowest BCUT2D eigenvalue weighted by Crippen LogP contribution is -2.29. The predicted octanol–water partition coefficient (Wildman–Crippen LogP) is 5.67. The van der Waals surface area contributed by atoms with Gasteiger partial charge < -0.3 is 14.8 Å². The predicted molar refractivity (Wildman–Crippen MR) is 135 cm³/mol. The molecule has 1 aliphatic rings. The maximum atomic E-state index is 13.4. The Hall–Kier alpha value is -2.94. The number of hydrogen-bond acceptors (Lipinski definition) is 7. The molecule has 1 N–H and O–H groups in total. The zero-order valence-corrected chi connectivity index (χ0v) is 20.4. The highest BCUT2D eigenvalue weighted by Crippen LogP contribution is 2.46. The maximum Gasteiger partial charge on any atom is 0.260 e. The first-order chi connectivity index (χ1) is 16.1. The lowest BCUT2D eigenvalue weighted by molar-refractivity contribution is 0.102. The van der Waals surface area contributed by atoms with Gasteiger partial charge in [-0.25, -0.2) is 4.98 Å². The summed E-state index contributed by atoms with van der Waals surface area (Å²) in [6, 6.07) is 13.5. The lowest BCUT2D eigenvalue weighted by Gasteiger charge is -2.25. The maximum absolute atomic E-state index is 13.4. The first-order valence-electron chi connectivity index (χ1n) is 10.9. The molecule has 170 valence electrons. The SMILES string of the molecule is CCN1CCc2c(sc(NC(=O)c3cccc(OC)c3OC)c2-c2nc3ccccc3s2)C1. The molecule has 33 heavy (non-hydrogen) atoms. The van der Waals surface area contributed by atoms with E-state index in [0.717, 1.165) is 51.8 Å². The van der Waals surface area contributed by atoms with Gasteiger partial charge in [-0.2, -0.15) is 0 Å². The van der Waals surface area contributed by atoms with E-state index >= 15 is 0 Å². The number of benzene rings is 2. The van der Waals surface area contributed by atoms with Crippen molar-refractivity contribution in [2.24, 2.45) is 0 Å². The van der Waals surface area contributed by atoms with E-state index in [-0.39, 0.29) is 5.91 Å². The van der Waals surface area contributed by atoms with E-state index in [2.05, 4.69) is 23.2 Å². The second kappa shape index (κ2) is 9.13. The molecule has 4 aromatic rings. The number of methoxy groups -OCH3 is 2. The van der Waals surface area contributed by atoms with Crippen molar-refractivity contribution in [1.82, 2.24) is 9.88 Å². The molecule has 2 aromatic heterocycles. The van der Waals surface area contributed by atoms with Crippen LogP contribution in [-0.2, 0) is 13.0 Å². The van der Waals surface area contributed by atoms with Crippen LogP contribution in [0.2, 0.25) is 0 Å². The number of anilines is 1. The van der Waals surface area contributed by atoms with Crippen molar-refractivity contribution < 1.29 is 14.3 Å². The third kappa shape index (κ3) is 3.99. The number of likely N-dealkylation sites (N-methyl/N-ethyl adjacent to an activating group) is 1. The number of rotatable bonds is 6. The van der Waals surface area contributed by atoms with Crippen LogP contribution in [0.15, 0.2) is 42.5 Å². The Morgan fingerprint density at radius 1 is 1.12 bits per heavy atom. The molecular weight excluding hydrogens is 454 g/mol. The van der Waals surface area contributed by atoms with Crippen molar-refractivity contribution in [2.75, 3.05) is 32.6 Å². The van der Waals surface area contributed by atoms with Crippen LogP contribution < -0.4 is 14.8 Å². The van der Waals surface area contributed by atoms with Gasteiger partial charge in [0, 0.05) is 23.5 Å². The zero-order chi connectivity index (χ0) is 22.9. The van der Waals surface area contributed by atoms with Crippen molar-refractivity contribution >= 4 is 43.8 Å². The van der Waals surface area contributed by atoms with Gasteiger partial charge in [0.05, 0.1) is 30.0 Å². The van der Waals surface area contributed by atoms with Gasteiger partial charge in [0.15, 0.2) is 11.5 Å². The van der Waals surface area contributed by atoms with Crippen LogP contribution in [0.3, 0.4) is 0 Å². The molecule has 0 atom stereocenters. The summed E-state index contributed by atoms with van der Waals surface area (Å²) >= 11 is 3.32. The number of thiophene rings is 1. The lowest BCUT2D eigenvalue weighted by atomic mass is 10.0. The fourth-order valence-electron chi connectivity index (χ4n) is 4.26. The fourth-order valence-corrected chi connectivity index (χ4v) is 6.65. The van der Waals surface area contributed by atoms with E-state index in [1.165, 1.54) is 10.4 Å². The summed E-state index contributed by atoms with van der Waals surface area (Å²) in [7, 11) is 3.11. The monoisotopic (exact) mass is 479 g/mol. The Kier molecular flexibility index (Phi) is 6.05. The van der Waals surface area contributed by atoms with Crippen LogP contribution in [0.1, 0.15) is 27.7 Å². The molecule has 2 aromatic carbocycles. The summed E-state index contributed by atoms with van der Waals surface area (Å²) < 4.78 is 12.0. The molecule has 0 spiro atoms. The Morgan fingerprint density at radius 2 is 1.97 bits per heavy atom. The summed E-state index contributed by atoms with van der Waals surface area (Å²) in [6.07, 6.45) is 0.948. The van der Waals surface area contributed by atoms with Gasteiger partial charge in [0.2, 0.25) is 0 Å². The number of carbonyl (C=O) groups excluding carboxylic acids is 1. The Bertz CT molecular complexity index is 1290. The zero-order valence-electron chi connectivity index (χ0n) is 18.8. The van der Waals surface area contributed by atoms with E-state index in [4.69, 9.17) is 14.5 Å². The van der Waals surface area contributed by atoms with E-state index < -0.39 is 0 Å². The quantitative estimate of drug-likeness (QED) is 0.386. The Labute approximate surface area is 200 Å². The first kappa shape index (κ1) is 21.9. The fraction of sp³-hybridized carbons (Fsp3) is 0.280. The number of carbonyl (C=O) groups is 1. The van der Waals surface area contributed by atoms with Crippen LogP contribution in [0.5, 0.6) is 11.5 Å². The van der Waals surface area contributed by atoms with Crippen LogP contribution in [0, 0.1) is 0 Å². The van der Waals surface area contributed by atoms with Crippen LogP contribution in [-0.4, -0.2) is 43.1 Å². The molecule has 0 fully saturated rings. The number of amides is 1. The van der Waals surface area contributed by atoms with Crippen molar-refractivity contribution in [1.29, 1.82) is 0 Å². The van der Waals surface area contributed by atoms with Gasteiger partial charge >= 0.3 is 0 Å². The average molecular weight is 480 g/mol. The summed E-state index contributed by atoms with van der Waals surface area (Å²) in [5, 5.41) is 4.97. The first-order valence-corrected chi connectivity index (χ1v) is 12.5. The van der Waals surface area contributed by atoms with Crippen molar-refractivity contribution in [3.63, 3.8) is 0 Å². The molecule has 6 nitrogen and oxygen atoms in total. The van der Waals surface area contributed by atoms with Gasteiger partial charge in [-0.15, -0.1) is 22.7 Å². The molecule has 5 rings (SSSR count). The molecule has 0 radical (unpaired) electrons. The Morgan fingerprint density at radius 3 is 2.73 bits per heavy atom. The highest BCUT2D eigenvalue weighted by molar-refractivity contribution is 7.23. The molecule has 0 aliphatic carbocycles. The summed E-state index contributed by atoms with van der Waals surface area (Å²) in [6.45, 7) is 5.10. The van der Waals surface area contributed by atoms with Gasteiger partial charge in [-0.1, -0.05) is 25.1 Å². The van der Waals surface area contributed by atoms with Gasteiger partial charge in [0.25, 0.3) is 5.91 Å². The van der Waals surface area contributed by atoms with Gasteiger partial charge in [-0.05, 0) is 42.8 Å². The molecule has 0 unspecified atom stereocenters. The molecule has 0 saturated carbocycles. The number of ether oxygens (including phenoxy) is 2. The minimum Gasteiger partial charge on any atom is -0.493 e. The molecule has 3 heterocycles. The third-order valence-electron chi connectivity index (χ3n) is 5.97. The van der Waals surface area contributed by atoms with Crippen molar-refractivity contribution in [3.05, 3.63) is 58.5 Å². The van der Waals surface area contributed by atoms with E-state index in [9.17, 15) is 4.79 Å².